The maximum absolute atomic E-state index is 11.5. The molecule has 74 valence electrons. The highest BCUT2D eigenvalue weighted by Crippen LogP contribution is 2.38. The van der Waals surface area contributed by atoms with Crippen LogP contribution in [0.4, 0.5) is 5.69 Å². The van der Waals surface area contributed by atoms with Gasteiger partial charge < -0.3 is 5.32 Å². The molecule has 1 aromatic rings. The molecule has 0 aliphatic heterocycles. The average Bonchev–Trinajstić information content (AvgIpc) is 2.82. The first-order chi connectivity index (χ1) is 6.66. The summed E-state index contributed by atoms with van der Waals surface area (Å²) in [5.74, 6) is 0.849. The Morgan fingerprint density at radius 3 is 2.93 bits per heavy atom. The Kier molecular flexibility index (Phi) is 2.54. The van der Waals surface area contributed by atoms with Crippen molar-refractivity contribution in [2.75, 3.05) is 5.32 Å². The van der Waals surface area contributed by atoms with Gasteiger partial charge in [-0.1, -0.05) is 6.92 Å². The van der Waals surface area contributed by atoms with E-state index in [-0.39, 0.29) is 11.8 Å². The molecule has 1 aromatic heterocycles. The third kappa shape index (κ3) is 2.12. The third-order valence-electron chi connectivity index (χ3n) is 2.42. The predicted molar refractivity (Wildman–Crippen MR) is 57.8 cm³/mol. The average molecular weight is 255 g/mol. The van der Waals surface area contributed by atoms with Crippen molar-refractivity contribution in [3.8, 4) is 0 Å². The number of amides is 1. The molecular formula is C10H11BrN2O. The minimum atomic E-state index is 0.109. The summed E-state index contributed by atoms with van der Waals surface area (Å²) in [5.41, 5.74) is 0.753. The van der Waals surface area contributed by atoms with Gasteiger partial charge in [-0.15, -0.1) is 0 Å². The van der Waals surface area contributed by atoms with E-state index in [2.05, 4.69) is 33.2 Å². The van der Waals surface area contributed by atoms with Crippen molar-refractivity contribution in [2.45, 2.75) is 13.3 Å². The van der Waals surface area contributed by atoms with Crippen LogP contribution in [0.5, 0.6) is 0 Å². The van der Waals surface area contributed by atoms with E-state index in [1.54, 1.807) is 12.4 Å². The maximum Gasteiger partial charge on any atom is 0.227 e. The summed E-state index contributed by atoms with van der Waals surface area (Å²) in [4.78, 5) is 15.5. The van der Waals surface area contributed by atoms with Gasteiger partial charge in [0.2, 0.25) is 5.91 Å². The van der Waals surface area contributed by atoms with Crippen LogP contribution in [0.2, 0.25) is 0 Å². The van der Waals surface area contributed by atoms with E-state index in [1.165, 1.54) is 0 Å². The van der Waals surface area contributed by atoms with E-state index in [9.17, 15) is 4.79 Å². The zero-order chi connectivity index (χ0) is 10.1. The fourth-order valence-corrected chi connectivity index (χ4v) is 1.77. The Balaban J connectivity index is 2.00. The zero-order valence-corrected chi connectivity index (χ0v) is 9.41. The van der Waals surface area contributed by atoms with E-state index < -0.39 is 0 Å². The SMILES string of the molecule is CC1CC1C(=O)Nc1cncc(Br)c1. The molecule has 1 saturated carbocycles. The summed E-state index contributed by atoms with van der Waals surface area (Å²) in [6.07, 6.45) is 4.35. The lowest BCUT2D eigenvalue weighted by atomic mass is 10.3. The van der Waals surface area contributed by atoms with Crippen molar-refractivity contribution in [1.82, 2.24) is 4.98 Å². The largest absolute Gasteiger partial charge is 0.324 e. The number of carbonyl (C=O) groups is 1. The molecule has 3 nitrogen and oxygen atoms in total. The molecule has 1 heterocycles. The highest BCUT2D eigenvalue weighted by atomic mass is 79.9. The molecule has 0 spiro atoms. The van der Waals surface area contributed by atoms with E-state index in [0.29, 0.717) is 5.92 Å². The first-order valence-electron chi connectivity index (χ1n) is 4.58. The van der Waals surface area contributed by atoms with Gasteiger partial charge in [-0.05, 0) is 34.3 Å². The van der Waals surface area contributed by atoms with Crippen molar-refractivity contribution in [3.63, 3.8) is 0 Å². The van der Waals surface area contributed by atoms with Gasteiger partial charge >= 0.3 is 0 Å². The third-order valence-corrected chi connectivity index (χ3v) is 2.85. The van der Waals surface area contributed by atoms with Crippen LogP contribution in [0.1, 0.15) is 13.3 Å². The monoisotopic (exact) mass is 254 g/mol. The molecule has 1 fully saturated rings. The van der Waals surface area contributed by atoms with Gasteiger partial charge in [0.25, 0.3) is 0 Å². The second kappa shape index (κ2) is 3.69. The van der Waals surface area contributed by atoms with Crippen LogP contribution < -0.4 is 5.32 Å². The molecule has 2 rings (SSSR count). The Hall–Kier alpha value is -0.900. The fraction of sp³-hybridized carbons (Fsp3) is 0.400. The van der Waals surface area contributed by atoms with Gasteiger partial charge in [0.05, 0.1) is 11.9 Å². The summed E-state index contributed by atoms with van der Waals surface area (Å²) in [7, 11) is 0. The molecule has 1 amide bonds. The minimum Gasteiger partial charge on any atom is -0.324 e. The molecular weight excluding hydrogens is 244 g/mol. The van der Waals surface area contributed by atoms with Gasteiger partial charge in [0, 0.05) is 16.6 Å². The lowest BCUT2D eigenvalue weighted by Crippen LogP contribution is -2.14. The summed E-state index contributed by atoms with van der Waals surface area (Å²) in [6, 6.07) is 1.85. The Labute approximate surface area is 91.0 Å². The van der Waals surface area contributed by atoms with Gasteiger partial charge in [0.1, 0.15) is 0 Å². The van der Waals surface area contributed by atoms with E-state index in [4.69, 9.17) is 0 Å². The van der Waals surface area contributed by atoms with Crippen molar-refractivity contribution < 1.29 is 4.79 Å². The van der Waals surface area contributed by atoms with E-state index >= 15 is 0 Å². The molecule has 0 radical (unpaired) electrons. The zero-order valence-electron chi connectivity index (χ0n) is 7.83. The molecule has 14 heavy (non-hydrogen) atoms. The fourth-order valence-electron chi connectivity index (χ4n) is 1.40. The van der Waals surface area contributed by atoms with Crippen molar-refractivity contribution in [1.29, 1.82) is 0 Å². The predicted octanol–water partition coefficient (Wildman–Crippen LogP) is 2.44. The molecule has 0 saturated heterocycles. The number of nitrogens with one attached hydrogen (secondary N) is 1. The molecule has 1 N–H and O–H groups in total. The second-order valence-corrected chi connectivity index (χ2v) is 4.62. The molecule has 1 aliphatic carbocycles. The standard InChI is InChI=1S/C10H11BrN2O/c1-6-2-9(6)10(14)13-8-3-7(11)4-12-5-8/h3-6,9H,2H2,1H3,(H,13,14). The molecule has 2 atom stereocenters. The number of pyridine rings is 1. The normalized spacial score (nSPS) is 24.4. The van der Waals surface area contributed by atoms with Gasteiger partial charge in [0.15, 0.2) is 0 Å². The maximum atomic E-state index is 11.5. The number of rotatable bonds is 2. The highest BCUT2D eigenvalue weighted by molar-refractivity contribution is 9.10. The number of hydrogen-bond acceptors (Lipinski definition) is 2. The van der Waals surface area contributed by atoms with E-state index in [1.807, 2.05) is 6.07 Å². The van der Waals surface area contributed by atoms with Crippen LogP contribution in [0.25, 0.3) is 0 Å². The Morgan fingerprint density at radius 1 is 1.64 bits per heavy atom. The number of hydrogen-bond donors (Lipinski definition) is 1. The molecule has 0 aromatic carbocycles. The van der Waals surface area contributed by atoms with Crippen LogP contribution in [0, 0.1) is 11.8 Å². The van der Waals surface area contributed by atoms with Crippen molar-refractivity contribution >= 4 is 27.5 Å². The molecule has 1 aliphatic rings. The Morgan fingerprint density at radius 2 is 2.36 bits per heavy atom. The Bertz CT molecular complexity index is 367. The van der Waals surface area contributed by atoms with Gasteiger partial charge in [-0.25, -0.2) is 0 Å². The number of nitrogens with zero attached hydrogens (tertiary/aromatic N) is 1. The lowest BCUT2D eigenvalue weighted by molar-refractivity contribution is -0.117. The van der Waals surface area contributed by atoms with Crippen LogP contribution in [0.15, 0.2) is 22.9 Å². The topological polar surface area (TPSA) is 42.0 Å². The number of anilines is 1. The van der Waals surface area contributed by atoms with Crippen LogP contribution in [-0.4, -0.2) is 10.9 Å². The van der Waals surface area contributed by atoms with Crippen molar-refractivity contribution in [3.05, 3.63) is 22.9 Å². The smallest absolute Gasteiger partial charge is 0.227 e. The summed E-state index contributed by atoms with van der Waals surface area (Å²) >= 11 is 3.30. The minimum absolute atomic E-state index is 0.109. The van der Waals surface area contributed by atoms with Crippen molar-refractivity contribution in [2.24, 2.45) is 11.8 Å². The quantitative estimate of drug-likeness (QED) is 0.881. The lowest BCUT2D eigenvalue weighted by Gasteiger charge is -2.03. The molecule has 4 heteroatoms. The number of aromatic nitrogens is 1. The number of carbonyl (C=O) groups excluding carboxylic acids is 1. The van der Waals surface area contributed by atoms with E-state index in [0.717, 1.165) is 16.6 Å². The first kappa shape index (κ1) is 9.65. The molecule has 0 bridgehead atoms. The first-order valence-corrected chi connectivity index (χ1v) is 5.37. The highest BCUT2D eigenvalue weighted by Gasteiger charge is 2.39. The van der Waals surface area contributed by atoms with Gasteiger partial charge in [-0.2, -0.15) is 0 Å². The molecule has 2 unspecified atom stereocenters. The summed E-state index contributed by atoms with van der Waals surface area (Å²) in [5, 5.41) is 2.84. The second-order valence-electron chi connectivity index (χ2n) is 3.70. The van der Waals surface area contributed by atoms with Crippen LogP contribution in [0.3, 0.4) is 0 Å². The number of halogens is 1. The summed E-state index contributed by atoms with van der Waals surface area (Å²) in [6.45, 7) is 2.09. The van der Waals surface area contributed by atoms with Crippen LogP contribution in [-0.2, 0) is 4.79 Å². The van der Waals surface area contributed by atoms with Crippen LogP contribution >= 0.6 is 15.9 Å². The summed E-state index contributed by atoms with van der Waals surface area (Å²) < 4.78 is 0.874. The van der Waals surface area contributed by atoms with Gasteiger partial charge in [-0.3, -0.25) is 9.78 Å².